The zero-order valence-corrected chi connectivity index (χ0v) is 9.50. The molecular formula is C12H13N3O2. The van der Waals surface area contributed by atoms with E-state index in [-0.39, 0.29) is 5.92 Å². The van der Waals surface area contributed by atoms with Crippen LogP contribution >= 0.6 is 0 Å². The monoisotopic (exact) mass is 231 g/mol. The SMILES string of the molecule is CC1CCN(c2cnccc2C#N)C1C(=O)O. The number of hydrogen-bond donors (Lipinski definition) is 1. The molecule has 5 nitrogen and oxygen atoms in total. The number of anilines is 1. The maximum Gasteiger partial charge on any atom is 0.326 e. The van der Waals surface area contributed by atoms with Gasteiger partial charge >= 0.3 is 5.97 Å². The number of nitrogens with zero attached hydrogens (tertiary/aromatic N) is 3. The van der Waals surface area contributed by atoms with Gasteiger partial charge in [-0.3, -0.25) is 4.98 Å². The minimum absolute atomic E-state index is 0.0826. The molecule has 2 unspecified atom stereocenters. The van der Waals surface area contributed by atoms with Crippen LogP contribution in [0.25, 0.3) is 0 Å². The first-order chi connectivity index (χ1) is 8.15. The van der Waals surface area contributed by atoms with E-state index in [0.29, 0.717) is 17.8 Å². The van der Waals surface area contributed by atoms with Gasteiger partial charge in [0.25, 0.3) is 0 Å². The van der Waals surface area contributed by atoms with Crippen LogP contribution in [0.1, 0.15) is 18.9 Å². The lowest BCUT2D eigenvalue weighted by Gasteiger charge is -2.25. The third-order valence-corrected chi connectivity index (χ3v) is 3.18. The van der Waals surface area contributed by atoms with Gasteiger partial charge in [0, 0.05) is 12.7 Å². The van der Waals surface area contributed by atoms with Crippen LogP contribution in [0.15, 0.2) is 18.5 Å². The van der Waals surface area contributed by atoms with Crippen molar-refractivity contribution in [3.05, 3.63) is 24.0 Å². The Labute approximate surface area is 99.3 Å². The fourth-order valence-corrected chi connectivity index (χ4v) is 2.30. The average molecular weight is 231 g/mol. The summed E-state index contributed by atoms with van der Waals surface area (Å²) in [7, 11) is 0. The number of rotatable bonds is 2. The second-order valence-corrected chi connectivity index (χ2v) is 4.25. The van der Waals surface area contributed by atoms with Crippen LogP contribution < -0.4 is 4.90 Å². The first-order valence-electron chi connectivity index (χ1n) is 5.48. The topological polar surface area (TPSA) is 77.2 Å². The van der Waals surface area contributed by atoms with Crippen LogP contribution in [0.5, 0.6) is 0 Å². The lowest BCUT2D eigenvalue weighted by Crippen LogP contribution is -2.39. The Morgan fingerprint density at radius 1 is 1.71 bits per heavy atom. The van der Waals surface area contributed by atoms with Crippen LogP contribution in [-0.2, 0) is 4.79 Å². The molecule has 88 valence electrons. The number of aromatic nitrogens is 1. The van der Waals surface area contributed by atoms with Crippen molar-refractivity contribution in [1.29, 1.82) is 5.26 Å². The Balaban J connectivity index is 2.40. The van der Waals surface area contributed by atoms with Crippen molar-refractivity contribution in [1.82, 2.24) is 4.98 Å². The Morgan fingerprint density at radius 2 is 2.47 bits per heavy atom. The Bertz CT molecular complexity index is 481. The van der Waals surface area contributed by atoms with Crippen molar-refractivity contribution in [2.75, 3.05) is 11.4 Å². The Kier molecular flexibility index (Phi) is 2.96. The molecule has 5 heteroatoms. The van der Waals surface area contributed by atoms with E-state index in [1.54, 1.807) is 17.2 Å². The maximum atomic E-state index is 11.3. The molecule has 2 atom stereocenters. The molecule has 1 N–H and O–H groups in total. The normalized spacial score (nSPS) is 23.4. The van der Waals surface area contributed by atoms with Gasteiger partial charge in [0.1, 0.15) is 12.1 Å². The van der Waals surface area contributed by atoms with Crippen LogP contribution in [0.3, 0.4) is 0 Å². The van der Waals surface area contributed by atoms with Crippen molar-refractivity contribution in [3.8, 4) is 6.07 Å². The van der Waals surface area contributed by atoms with E-state index in [2.05, 4.69) is 11.1 Å². The molecule has 1 aliphatic heterocycles. The number of pyridine rings is 1. The van der Waals surface area contributed by atoms with Crippen molar-refractivity contribution >= 4 is 11.7 Å². The molecular weight excluding hydrogens is 218 g/mol. The molecule has 1 saturated heterocycles. The van der Waals surface area contributed by atoms with Gasteiger partial charge in [-0.2, -0.15) is 5.26 Å². The summed E-state index contributed by atoms with van der Waals surface area (Å²) in [4.78, 5) is 17.0. The molecule has 1 fully saturated rings. The van der Waals surface area contributed by atoms with E-state index in [0.717, 1.165) is 6.42 Å². The molecule has 0 radical (unpaired) electrons. The quantitative estimate of drug-likeness (QED) is 0.828. The van der Waals surface area contributed by atoms with Gasteiger partial charge < -0.3 is 10.0 Å². The maximum absolute atomic E-state index is 11.3. The molecule has 0 bridgehead atoms. The third-order valence-electron chi connectivity index (χ3n) is 3.18. The minimum atomic E-state index is -0.845. The highest BCUT2D eigenvalue weighted by Crippen LogP contribution is 2.31. The van der Waals surface area contributed by atoms with Crippen molar-refractivity contribution in [2.45, 2.75) is 19.4 Å². The van der Waals surface area contributed by atoms with Crippen molar-refractivity contribution in [3.63, 3.8) is 0 Å². The number of nitriles is 1. The number of carbonyl (C=O) groups is 1. The van der Waals surface area contributed by atoms with E-state index < -0.39 is 12.0 Å². The summed E-state index contributed by atoms with van der Waals surface area (Å²) in [5, 5.41) is 18.3. The molecule has 17 heavy (non-hydrogen) atoms. The number of carboxylic acid groups (broad SMARTS) is 1. The molecule has 0 aromatic carbocycles. The standard InChI is InChI=1S/C12H13N3O2/c1-8-3-5-15(11(8)12(16)17)10-7-14-4-2-9(10)6-13/h2,4,7-8,11H,3,5H2,1H3,(H,16,17). The van der Waals surface area contributed by atoms with Gasteiger partial charge in [0.2, 0.25) is 0 Å². The first kappa shape index (κ1) is 11.4. The zero-order valence-electron chi connectivity index (χ0n) is 9.50. The van der Waals surface area contributed by atoms with Gasteiger partial charge in [0.15, 0.2) is 0 Å². The molecule has 1 aromatic heterocycles. The van der Waals surface area contributed by atoms with E-state index in [1.807, 2.05) is 6.92 Å². The fraction of sp³-hybridized carbons (Fsp3) is 0.417. The second-order valence-electron chi connectivity index (χ2n) is 4.25. The molecule has 1 aliphatic rings. The molecule has 2 rings (SSSR count). The van der Waals surface area contributed by atoms with Crippen LogP contribution in [-0.4, -0.2) is 28.6 Å². The summed E-state index contributed by atoms with van der Waals surface area (Å²) in [5.74, 6) is -0.762. The summed E-state index contributed by atoms with van der Waals surface area (Å²) in [5.41, 5.74) is 1.09. The Hall–Kier alpha value is -2.09. The van der Waals surface area contributed by atoms with Crippen LogP contribution in [0.2, 0.25) is 0 Å². The largest absolute Gasteiger partial charge is 0.480 e. The predicted octanol–water partition coefficient (Wildman–Crippen LogP) is 1.25. The molecule has 1 aromatic rings. The number of aliphatic carboxylic acids is 1. The van der Waals surface area contributed by atoms with Gasteiger partial charge in [-0.1, -0.05) is 6.92 Å². The third kappa shape index (κ3) is 1.94. The predicted molar refractivity (Wildman–Crippen MR) is 61.5 cm³/mol. The van der Waals surface area contributed by atoms with Crippen molar-refractivity contribution in [2.24, 2.45) is 5.92 Å². The van der Waals surface area contributed by atoms with Crippen LogP contribution in [0, 0.1) is 17.2 Å². The molecule has 0 aliphatic carbocycles. The smallest absolute Gasteiger partial charge is 0.326 e. The van der Waals surface area contributed by atoms with Gasteiger partial charge in [-0.25, -0.2) is 4.79 Å². The van der Waals surface area contributed by atoms with E-state index >= 15 is 0 Å². The molecule has 0 amide bonds. The number of carboxylic acids is 1. The minimum Gasteiger partial charge on any atom is -0.480 e. The van der Waals surface area contributed by atoms with Gasteiger partial charge in [-0.15, -0.1) is 0 Å². The lowest BCUT2D eigenvalue weighted by atomic mass is 10.0. The summed E-state index contributed by atoms with van der Waals surface area (Å²) < 4.78 is 0. The molecule has 2 heterocycles. The van der Waals surface area contributed by atoms with Gasteiger partial charge in [0.05, 0.1) is 17.4 Å². The highest BCUT2D eigenvalue weighted by molar-refractivity contribution is 5.80. The summed E-state index contributed by atoms with van der Waals surface area (Å²) in [6.07, 6.45) is 3.92. The van der Waals surface area contributed by atoms with Crippen LogP contribution in [0.4, 0.5) is 5.69 Å². The first-order valence-corrected chi connectivity index (χ1v) is 5.48. The molecule has 0 saturated carbocycles. The van der Waals surface area contributed by atoms with E-state index in [9.17, 15) is 9.90 Å². The Morgan fingerprint density at radius 3 is 3.12 bits per heavy atom. The average Bonchev–Trinajstić information content (AvgIpc) is 2.71. The summed E-state index contributed by atoms with van der Waals surface area (Å²) >= 11 is 0. The zero-order chi connectivity index (χ0) is 12.4. The van der Waals surface area contributed by atoms with E-state index in [4.69, 9.17) is 5.26 Å². The summed E-state index contributed by atoms with van der Waals surface area (Å²) in [6.45, 7) is 2.57. The van der Waals surface area contributed by atoms with Gasteiger partial charge in [-0.05, 0) is 18.4 Å². The van der Waals surface area contributed by atoms with Crippen molar-refractivity contribution < 1.29 is 9.90 Å². The second kappa shape index (κ2) is 4.42. The summed E-state index contributed by atoms with van der Waals surface area (Å²) in [6, 6.07) is 3.12. The number of hydrogen-bond acceptors (Lipinski definition) is 4. The highest BCUT2D eigenvalue weighted by Gasteiger charge is 2.37. The highest BCUT2D eigenvalue weighted by atomic mass is 16.4. The molecule has 0 spiro atoms. The van der Waals surface area contributed by atoms with E-state index in [1.165, 1.54) is 6.20 Å². The lowest BCUT2D eigenvalue weighted by molar-refractivity contribution is -0.139. The fourth-order valence-electron chi connectivity index (χ4n) is 2.30.